The number of nitrogens with zero attached hydrogens (tertiary/aromatic N) is 2. The summed E-state index contributed by atoms with van der Waals surface area (Å²) in [5.74, 6) is 0.517. The lowest BCUT2D eigenvalue weighted by Gasteiger charge is -2.41. The number of ether oxygens (including phenoxy) is 3. The van der Waals surface area contributed by atoms with Gasteiger partial charge < -0.3 is 19.5 Å². The molecule has 212 valence electrons. The molecular formula is C28H28F3N3O6. The number of anilines is 1. The Bertz CT molecular complexity index is 1380. The van der Waals surface area contributed by atoms with Gasteiger partial charge in [0.05, 0.1) is 37.4 Å². The summed E-state index contributed by atoms with van der Waals surface area (Å²) in [5, 5.41) is 13.8. The molecule has 0 bridgehead atoms. The maximum atomic E-state index is 13.5. The summed E-state index contributed by atoms with van der Waals surface area (Å²) in [4.78, 5) is 26.1. The average molecular weight is 560 g/mol. The van der Waals surface area contributed by atoms with Gasteiger partial charge in [-0.05, 0) is 36.2 Å². The predicted octanol–water partition coefficient (Wildman–Crippen LogP) is 5.52. The first-order chi connectivity index (χ1) is 19.0. The van der Waals surface area contributed by atoms with Crippen molar-refractivity contribution in [2.45, 2.75) is 31.8 Å². The summed E-state index contributed by atoms with van der Waals surface area (Å²) in [6.45, 7) is 2.24. The monoisotopic (exact) mass is 559 g/mol. The zero-order valence-electron chi connectivity index (χ0n) is 22.0. The number of nitro benzene ring substituents is 1. The fraction of sp³-hybridized carbons (Fsp3) is 0.321. The third-order valence-corrected chi connectivity index (χ3v) is 6.74. The van der Waals surface area contributed by atoms with E-state index in [1.165, 1.54) is 45.4 Å². The first-order valence-corrected chi connectivity index (χ1v) is 12.3. The van der Waals surface area contributed by atoms with Crippen LogP contribution in [0.2, 0.25) is 0 Å². The number of nitro groups is 1. The first kappa shape index (κ1) is 28.8. The molecule has 9 nitrogen and oxygen atoms in total. The van der Waals surface area contributed by atoms with Gasteiger partial charge in [-0.25, -0.2) is 0 Å². The number of amides is 1. The molecule has 0 spiro atoms. The molecule has 0 radical (unpaired) electrons. The average Bonchev–Trinajstić information content (AvgIpc) is 2.93. The summed E-state index contributed by atoms with van der Waals surface area (Å²) in [6, 6.07) is 14.0. The minimum Gasteiger partial charge on any atom is -0.497 e. The number of hydrogen-bond donors (Lipinski definition) is 1. The fourth-order valence-electron chi connectivity index (χ4n) is 4.71. The molecule has 1 N–H and O–H groups in total. The lowest BCUT2D eigenvalue weighted by molar-refractivity contribution is -0.384. The van der Waals surface area contributed by atoms with E-state index in [1.807, 2.05) is 11.0 Å². The van der Waals surface area contributed by atoms with Crippen LogP contribution in [0.1, 0.15) is 28.3 Å². The van der Waals surface area contributed by atoms with E-state index in [0.29, 0.717) is 30.2 Å². The van der Waals surface area contributed by atoms with Gasteiger partial charge in [-0.15, -0.1) is 0 Å². The van der Waals surface area contributed by atoms with Crippen molar-refractivity contribution < 1.29 is 37.1 Å². The number of nitrogens with one attached hydrogen (secondary N) is 1. The van der Waals surface area contributed by atoms with Crippen LogP contribution in [-0.4, -0.2) is 49.2 Å². The maximum Gasteiger partial charge on any atom is 0.416 e. The number of benzene rings is 3. The van der Waals surface area contributed by atoms with Gasteiger partial charge in [-0.3, -0.25) is 19.8 Å². The minimum absolute atomic E-state index is 0.0251. The molecule has 0 aliphatic carbocycles. The Morgan fingerprint density at radius 1 is 1.10 bits per heavy atom. The molecule has 1 saturated heterocycles. The van der Waals surface area contributed by atoms with Gasteiger partial charge in [0.15, 0.2) is 6.10 Å². The Labute approximate surface area is 228 Å². The second-order valence-corrected chi connectivity index (χ2v) is 9.25. The number of non-ortho nitro benzene ring substituents is 1. The van der Waals surface area contributed by atoms with Crippen LogP contribution in [0.3, 0.4) is 0 Å². The van der Waals surface area contributed by atoms with Crippen molar-refractivity contribution in [2.75, 3.05) is 32.7 Å². The Hall–Kier alpha value is -4.16. The van der Waals surface area contributed by atoms with Crippen molar-refractivity contribution >= 4 is 17.3 Å². The zero-order chi connectivity index (χ0) is 29.0. The SMILES string of the molecule is COc1ccc(CN2CCO[C@H](C(=O)Nc3ccc(C)c(C(F)(F)F)c3)[C@@H]2c2ccc([N+](=O)[O-])cc2)c(OC)c1. The fourth-order valence-corrected chi connectivity index (χ4v) is 4.71. The third kappa shape index (κ3) is 6.35. The molecule has 1 fully saturated rings. The van der Waals surface area contributed by atoms with Crippen LogP contribution in [0.5, 0.6) is 11.5 Å². The smallest absolute Gasteiger partial charge is 0.416 e. The number of carbonyl (C=O) groups excluding carboxylic acids is 1. The largest absolute Gasteiger partial charge is 0.497 e. The van der Waals surface area contributed by atoms with E-state index < -0.39 is 34.7 Å². The lowest BCUT2D eigenvalue weighted by Crippen LogP contribution is -2.50. The van der Waals surface area contributed by atoms with Gasteiger partial charge in [0.2, 0.25) is 0 Å². The standard InChI is InChI=1S/C28H28F3N3O6/c1-17-4-8-20(14-23(17)28(29,30)31)32-27(35)26-25(18-5-9-21(10-6-18)34(36)37)33(12-13-40-26)16-19-7-11-22(38-2)15-24(19)39-3/h4-11,14-15,25-26H,12-13,16H2,1-3H3,(H,32,35)/t25-,26-/m0/s1. The van der Waals surface area contributed by atoms with E-state index in [2.05, 4.69) is 5.32 Å². The van der Waals surface area contributed by atoms with E-state index in [9.17, 15) is 28.1 Å². The molecule has 0 aromatic heterocycles. The van der Waals surface area contributed by atoms with Gasteiger partial charge >= 0.3 is 6.18 Å². The Morgan fingerprint density at radius 2 is 1.82 bits per heavy atom. The van der Waals surface area contributed by atoms with Crippen molar-refractivity contribution in [3.8, 4) is 11.5 Å². The van der Waals surface area contributed by atoms with E-state index in [-0.39, 0.29) is 23.5 Å². The van der Waals surface area contributed by atoms with Crippen LogP contribution in [0.25, 0.3) is 0 Å². The number of rotatable bonds is 8. The molecule has 1 aliphatic rings. The molecular weight excluding hydrogens is 531 g/mol. The Kier molecular flexibility index (Phi) is 8.60. The molecule has 40 heavy (non-hydrogen) atoms. The molecule has 1 amide bonds. The molecule has 0 unspecified atom stereocenters. The van der Waals surface area contributed by atoms with Gasteiger partial charge in [0.25, 0.3) is 11.6 Å². The van der Waals surface area contributed by atoms with Gasteiger partial charge in [-0.2, -0.15) is 13.2 Å². The molecule has 3 aromatic rings. The number of aryl methyl sites for hydroxylation is 1. The number of halogens is 3. The van der Waals surface area contributed by atoms with Crippen molar-refractivity contribution in [2.24, 2.45) is 0 Å². The summed E-state index contributed by atoms with van der Waals surface area (Å²) in [5.41, 5.74) is 0.396. The van der Waals surface area contributed by atoms with E-state index in [0.717, 1.165) is 11.6 Å². The van der Waals surface area contributed by atoms with Crippen LogP contribution in [0.4, 0.5) is 24.5 Å². The van der Waals surface area contributed by atoms with E-state index >= 15 is 0 Å². The second-order valence-electron chi connectivity index (χ2n) is 9.25. The zero-order valence-corrected chi connectivity index (χ0v) is 22.0. The molecule has 3 aromatic carbocycles. The number of carbonyl (C=O) groups is 1. The molecule has 12 heteroatoms. The van der Waals surface area contributed by atoms with Crippen LogP contribution < -0.4 is 14.8 Å². The first-order valence-electron chi connectivity index (χ1n) is 12.3. The lowest BCUT2D eigenvalue weighted by atomic mass is 9.96. The number of morpholine rings is 1. The van der Waals surface area contributed by atoms with Crippen molar-refractivity contribution in [3.05, 3.63) is 93.0 Å². The summed E-state index contributed by atoms with van der Waals surface area (Å²) < 4.78 is 57.0. The maximum absolute atomic E-state index is 13.5. The quantitative estimate of drug-likeness (QED) is 0.286. The van der Waals surface area contributed by atoms with E-state index in [4.69, 9.17) is 14.2 Å². The van der Waals surface area contributed by atoms with Crippen LogP contribution in [-0.2, 0) is 22.3 Å². The van der Waals surface area contributed by atoms with Crippen molar-refractivity contribution in [1.29, 1.82) is 0 Å². The number of hydrogen-bond acceptors (Lipinski definition) is 7. The highest BCUT2D eigenvalue weighted by Crippen LogP contribution is 2.36. The van der Waals surface area contributed by atoms with Gasteiger partial charge in [0, 0.05) is 42.5 Å². The Balaban J connectivity index is 1.68. The minimum atomic E-state index is -4.58. The van der Waals surface area contributed by atoms with Gasteiger partial charge in [0.1, 0.15) is 11.5 Å². The topological polar surface area (TPSA) is 103 Å². The highest BCUT2D eigenvalue weighted by molar-refractivity contribution is 5.95. The summed E-state index contributed by atoms with van der Waals surface area (Å²) >= 11 is 0. The number of alkyl halides is 3. The van der Waals surface area contributed by atoms with Gasteiger partial charge in [-0.1, -0.05) is 24.3 Å². The van der Waals surface area contributed by atoms with Crippen molar-refractivity contribution in [1.82, 2.24) is 4.90 Å². The van der Waals surface area contributed by atoms with Crippen molar-refractivity contribution in [3.63, 3.8) is 0 Å². The van der Waals surface area contributed by atoms with Crippen LogP contribution >= 0.6 is 0 Å². The third-order valence-electron chi connectivity index (χ3n) is 6.74. The molecule has 1 aliphatic heterocycles. The highest BCUT2D eigenvalue weighted by atomic mass is 19.4. The molecule has 0 saturated carbocycles. The normalized spacial score (nSPS) is 17.8. The highest BCUT2D eigenvalue weighted by Gasteiger charge is 2.39. The summed E-state index contributed by atoms with van der Waals surface area (Å²) in [6.07, 6.45) is -5.71. The summed E-state index contributed by atoms with van der Waals surface area (Å²) in [7, 11) is 3.06. The second kappa shape index (κ2) is 11.9. The number of methoxy groups -OCH3 is 2. The van der Waals surface area contributed by atoms with Crippen LogP contribution in [0, 0.1) is 17.0 Å². The molecule has 2 atom stereocenters. The predicted molar refractivity (Wildman–Crippen MR) is 140 cm³/mol. The van der Waals surface area contributed by atoms with E-state index in [1.54, 1.807) is 24.3 Å². The van der Waals surface area contributed by atoms with Crippen LogP contribution in [0.15, 0.2) is 60.7 Å². The molecule has 4 rings (SSSR count). The Morgan fingerprint density at radius 3 is 2.45 bits per heavy atom. The molecule has 1 heterocycles.